The molecule has 160 valence electrons. The topological polar surface area (TPSA) is 29.5 Å². The maximum atomic E-state index is 12.7. The standard InChI is InChI=1S/C28H31NO2/c1-2-12-25(27-21-29(28(30)31-27)20-23-15-8-4-9-16-23)26(24-17-10-5-11-18-24)19-22-13-6-3-7-14-22/h4-5,8-12,15-18,27H,2-3,6-7,13-14,20-21H2,1H3/b25-12-. The Balaban J connectivity index is 1.66. The molecule has 0 bridgehead atoms. The lowest BCUT2D eigenvalue weighted by Crippen LogP contribution is -2.25. The van der Waals surface area contributed by atoms with Crippen LogP contribution in [0.3, 0.4) is 0 Å². The van der Waals surface area contributed by atoms with Crippen molar-refractivity contribution in [2.24, 2.45) is 0 Å². The fourth-order valence-corrected chi connectivity index (χ4v) is 4.41. The second-order valence-electron chi connectivity index (χ2n) is 8.34. The van der Waals surface area contributed by atoms with Gasteiger partial charge >= 0.3 is 6.09 Å². The summed E-state index contributed by atoms with van der Waals surface area (Å²) in [5, 5.41) is 0. The fraction of sp³-hybridized carbons (Fsp3) is 0.357. The summed E-state index contributed by atoms with van der Waals surface area (Å²) >= 11 is 0. The Hall–Kier alpha value is -3.03. The minimum atomic E-state index is -0.275. The highest BCUT2D eigenvalue weighted by molar-refractivity contribution is 5.82. The normalized spacial score (nSPS) is 19.2. The quantitative estimate of drug-likeness (QED) is 0.380. The molecule has 3 heteroatoms. The maximum Gasteiger partial charge on any atom is 0.410 e. The third kappa shape index (κ3) is 5.37. The zero-order chi connectivity index (χ0) is 21.5. The van der Waals surface area contributed by atoms with Gasteiger partial charge in [0.15, 0.2) is 0 Å². The zero-order valence-electron chi connectivity index (χ0n) is 18.3. The number of ether oxygens (including phenoxy) is 1. The molecule has 1 saturated heterocycles. The molecule has 4 rings (SSSR count). The number of cyclic esters (lactones) is 1. The Morgan fingerprint density at radius 1 is 1.03 bits per heavy atom. The van der Waals surface area contributed by atoms with Gasteiger partial charge in [-0.25, -0.2) is 4.79 Å². The van der Waals surface area contributed by atoms with Crippen LogP contribution >= 0.6 is 0 Å². The molecule has 1 unspecified atom stereocenters. The average Bonchev–Trinajstić information content (AvgIpc) is 3.18. The van der Waals surface area contributed by atoms with E-state index in [9.17, 15) is 4.79 Å². The third-order valence-electron chi connectivity index (χ3n) is 5.98. The van der Waals surface area contributed by atoms with Crippen LogP contribution in [0.5, 0.6) is 0 Å². The highest BCUT2D eigenvalue weighted by Gasteiger charge is 2.35. The van der Waals surface area contributed by atoms with Crippen LogP contribution in [0.25, 0.3) is 5.57 Å². The number of nitrogens with zero attached hydrogens (tertiary/aromatic N) is 1. The zero-order valence-corrected chi connectivity index (χ0v) is 18.3. The molecule has 1 amide bonds. The molecular formula is C28H31NO2. The largest absolute Gasteiger partial charge is 0.439 e. The van der Waals surface area contributed by atoms with Crippen LogP contribution in [0.2, 0.25) is 0 Å². The molecule has 0 spiro atoms. The predicted molar refractivity (Wildman–Crippen MR) is 125 cm³/mol. The van der Waals surface area contributed by atoms with E-state index in [-0.39, 0.29) is 12.2 Å². The second kappa shape index (κ2) is 10.3. The second-order valence-corrected chi connectivity index (χ2v) is 8.34. The van der Waals surface area contributed by atoms with Crippen LogP contribution in [0.15, 0.2) is 83.6 Å². The monoisotopic (exact) mass is 413 g/mol. The Morgan fingerprint density at radius 3 is 2.39 bits per heavy atom. The van der Waals surface area contributed by atoms with Gasteiger partial charge in [-0.15, -0.1) is 5.73 Å². The molecule has 0 radical (unpaired) electrons. The van der Waals surface area contributed by atoms with Gasteiger partial charge in [-0.05, 0) is 48.8 Å². The van der Waals surface area contributed by atoms with Gasteiger partial charge in [0.05, 0.1) is 6.54 Å². The van der Waals surface area contributed by atoms with Crippen LogP contribution in [-0.4, -0.2) is 23.6 Å². The number of benzene rings is 2. The summed E-state index contributed by atoms with van der Waals surface area (Å²) in [6.45, 7) is 3.27. The van der Waals surface area contributed by atoms with E-state index in [4.69, 9.17) is 4.74 Å². The van der Waals surface area contributed by atoms with Crippen molar-refractivity contribution in [3.63, 3.8) is 0 Å². The number of carbonyl (C=O) groups is 1. The Morgan fingerprint density at radius 2 is 1.71 bits per heavy atom. The lowest BCUT2D eigenvalue weighted by atomic mass is 9.90. The van der Waals surface area contributed by atoms with Gasteiger partial charge in [0, 0.05) is 17.7 Å². The van der Waals surface area contributed by atoms with Gasteiger partial charge in [0.2, 0.25) is 0 Å². The lowest BCUT2D eigenvalue weighted by molar-refractivity contribution is 0.143. The molecule has 1 saturated carbocycles. The molecule has 1 aliphatic carbocycles. The van der Waals surface area contributed by atoms with Crippen LogP contribution in [-0.2, 0) is 11.3 Å². The van der Waals surface area contributed by atoms with Crippen molar-refractivity contribution in [1.82, 2.24) is 4.90 Å². The number of allylic oxidation sites excluding steroid dienone is 1. The van der Waals surface area contributed by atoms with Gasteiger partial charge in [0.25, 0.3) is 0 Å². The van der Waals surface area contributed by atoms with E-state index in [1.165, 1.54) is 24.8 Å². The number of hydrogen-bond donors (Lipinski definition) is 0. The van der Waals surface area contributed by atoms with Crippen molar-refractivity contribution < 1.29 is 9.53 Å². The molecule has 31 heavy (non-hydrogen) atoms. The summed E-state index contributed by atoms with van der Waals surface area (Å²) in [7, 11) is 0. The van der Waals surface area contributed by atoms with E-state index in [0.29, 0.717) is 13.1 Å². The first kappa shape index (κ1) is 21.2. The molecule has 1 atom stereocenters. The maximum absolute atomic E-state index is 12.7. The summed E-state index contributed by atoms with van der Waals surface area (Å²) in [5.74, 6) is 0. The highest BCUT2D eigenvalue weighted by atomic mass is 16.6. The molecule has 2 aliphatic rings. The molecule has 1 aliphatic heterocycles. The first-order chi connectivity index (χ1) is 15.2. The van der Waals surface area contributed by atoms with Gasteiger partial charge in [0.1, 0.15) is 6.10 Å². The van der Waals surface area contributed by atoms with Crippen LogP contribution in [0.4, 0.5) is 4.79 Å². The molecule has 1 heterocycles. The van der Waals surface area contributed by atoms with E-state index >= 15 is 0 Å². The van der Waals surface area contributed by atoms with Crippen LogP contribution in [0.1, 0.15) is 56.6 Å². The molecule has 2 aromatic carbocycles. The molecular weight excluding hydrogens is 382 g/mol. The van der Waals surface area contributed by atoms with Gasteiger partial charge < -0.3 is 4.74 Å². The van der Waals surface area contributed by atoms with Gasteiger partial charge in [-0.3, -0.25) is 4.90 Å². The van der Waals surface area contributed by atoms with E-state index in [1.54, 1.807) is 4.90 Å². The van der Waals surface area contributed by atoms with Crippen LogP contribution in [0, 0.1) is 0 Å². The number of rotatable bonds is 6. The van der Waals surface area contributed by atoms with E-state index < -0.39 is 0 Å². The summed E-state index contributed by atoms with van der Waals surface area (Å²) in [4.78, 5) is 14.5. The van der Waals surface area contributed by atoms with E-state index in [0.717, 1.165) is 41.5 Å². The number of amides is 1. The van der Waals surface area contributed by atoms with Crippen molar-refractivity contribution in [2.75, 3.05) is 6.54 Å². The Labute approximate surface area is 185 Å². The molecule has 2 aromatic rings. The Bertz CT molecular complexity index is 976. The number of carbonyl (C=O) groups excluding carboxylic acids is 1. The molecule has 3 nitrogen and oxygen atoms in total. The smallest absolute Gasteiger partial charge is 0.410 e. The minimum Gasteiger partial charge on any atom is -0.439 e. The van der Waals surface area contributed by atoms with Crippen molar-refractivity contribution in [1.29, 1.82) is 0 Å². The minimum absolute atomic E-state index is 0.242. The summed E-state index contributed by atoms with van der Waals surface area (Å²) in [6, 6.07) is 20.5. The average molecular weight is 414 g/mol. The van der Waals surface area contributed by atoms with Crippen molar-refractivity contribution in [2.45, 2.75) is 58.1 Å². The number of hydrogen-bond acceptors (Lipinski definition) is 2. The first-order valence-corrected chi connectivity index (χ1v) is 11.5. The first-order valence-electron chi connectivity index (χ1n) is 11.5. The summed E-state index contributed by atoms with van der Waals surface area (Å²) in [6.07, 6.45) is 8.58. The molecule has 0 aromatic heterocycles. The van der Waals surface area contributed by atoms with Gasteiger partial charge in [-0.2, -0.15) is 0 Å². The SMILES string of the molecule is CC/C=C(/C(=C=C1CCCCC1)c1ccccc1)C1CN(Cc2ccccc2)C(=O)O1. The molecule has 0 N–H and O–H groups in total. The Kier molecular flexibility index (Phi) is 7.07. The van der Waals surface area contributed by atoms with Crippen molar-refractivity contribution in [3.05, 3.63) is 94.7 Å². The van der Waals surface area contributed by atoms with Crippen LogP contribution < -0.4 is 0 Å². The summed E-state index contributed by atoms with van der Waals surface area (Å²) in [5.41, 5.74) is 9.57. The highest BCUT2D eigenvalue weighted by Crippen LogP contribution is 2.33. The van der Waals surface area contributed by atoms with Gasteiger partial charge in [-0.1, -0.05) is 80.1 Å². The van der Waals surface area contributed by atoms with Crippen molar-refractivity contribution in [3.8, 4) is 0 Å². The lowest BCUT2D eigenvalue weighted by Gasteiger charge is -2.18. The summed E-state index contributed by atoms with van der Waals surface area (Å²) < 4.78 is 5.90. The van der Waals surface area contributed by atoms with E-state index in [2.05, 4.69) is 43.0 Å². The fourth-order valence-electron chi connectivity index (χ4n) is 4.41. The predicted octanol–water partition coefficient (Wildman–Crippen LogP) is 6.92. The van der Waals surface area contributed by atoms with Crippen molar-refractivity contribution >= 4 is 11.7 Å². The van der Waals surface area contributed by atoms with E-state index in [1.807, 2.05) is 36.4 Å². The third-order valence-corrected chi connectivity index (χ3v) is 5.98. The molecule has 2 fully saturated rings.